The Bertz CT molecular complexity index is 5370. The van der Waals surface area contributed by atoms with E-state index in [9.17, 15) is 33.7 Å². The van der Waals surface area contributed by atoms with Gasteiger partial charge in [0.15, 0.2) is 16.9 Å². The monoisotopic (exact) mass is 1650 g/mol. The van der Waals surface area contributed by atoms with Crippen molar-refractivity contribution in [3.05, 3.63) is 276 Å². The summed E-state index contributed by atoms with van der Waals surface area (Å²) in [6.07, 6.45) is 8.38. The molecule has 0 aliphatic heterocycles. The van der Waals surface area contributed by atoms with Crippen molar-refractivity contribution in [1.82, 2.24) is 56.8 Å². The summed E-state index contributed by atoms with van der Waals surface area (Å²) in [7, 11) is -11.1. The average Bonchev–Trinajstić information content (AvgIpc) is 1.69. The minimum atomic E-state index is -3.85. The predicted molar refractivity (Wildman–Crippen MR) is 374 cm³/mol. The van der Waals surface area contributed by atoms with Crippen LogP contribution in [0, 0.1) is 11.1 Å². The van der Waals surface area contributed by atoms with Gasteiger partial charge in [-0.25, -0.2) is 85.5 Å². The Balaban J connectivity index is 0.000000167. The average molecular weight is 1660 g/mol. The Morgan fingerprint density at radius 2 is 0.800 bits per heavy atom. The van der Waals surface area contributed by atoms with Crippen LogP contribution >= 0.6 is 79.7 Å². The summed E-state index contributed by atoms with van der Waals surface area (Å²) in [5.74, 6) is 0. The maximum absolute atomic E-state index is 13.3. The number of rotatable bonds is 9. The van der Waals surface area contributed by atoms with Crippen molar-refractivity contribution in [3.8, 4) is 11.3 Å². The molecule has 14 rings (SSSR count). The van der Waals surface area contributed by atoms with Gasteiger partial charge >= 0.3 is 7.12 Å². The molecule has 0 atom stereocenters. The van der Waals surface area contributed by atoms with E-state index in [1.807, 2.05) is 65.1 Å². The number of aromatic nitrogens is 12. The molecule has 0 fully saturated rings. The molecule has 22 nitrogen and oxygen atoms in total. The van der Waals surface area contributed by atoms with Crippen molar-refractivity contribution in [1.29, 1.82) is 0 Å². The number of hydrogen-bond acceptors (Lipinski definition) is 18. The summed E-state index contributed by atoms with van der Waals surface area (Å²) in [6, 6.07) is 57.1. The molecule has 490 valence electrons. The van der Waals surface area contributed by atoms with Crippen LogP contribution < -0.4 is 5.46 Å². The number of fused-ring (bicyclic) bond motifs is 4. The van der Waals surface area contributed by atoms with Gasteiger partial charge in [-0.2, -0.15) is 0 Å². The van der Waals surface area contributed by atoms with E-state index >= 15 is 0 Å². The Hall–Kier alpha value is -7.57. The third-order valence-corrected chi connectivity index (χ3v) is 21.5. The Kier molecular flexibility index (Phi) is 26.3. The Morgan fingerprint density at radius 3 is 1.24 bits per heavy atom. The van der Waals surface area contributed by atoms with Gasteiger partial charge in [0.2, 0.25) is 0 Å². The zero-order valence-corrected chi connectivity index (χ0v) is 59.2. The zero-order valence-electron chi connectivity index (χ0n) is 48.5. The van der Waals surface area contributed by atoms with Gasteiger partial charge in [0.05, 0.1) is 50.5 Å². The summed E-state index contributed by atoms with van der Waals surface area (Å²) in [6.45, 7) is 0. The quantitative estimate of drug-likeness (QED) is 0.0397. The zero-order chi connectivity index (χ0) is 66.5. The molecule has 0 amide bonds. The molecule has 0 aliphatic carbocycles. The van der Waals surface area contributed by atoms with Crippen molar-refractivity contribution in [3.63, 3.8) is 0 Å². The van der Waals surface area contributed by atoms with Crippen LogP contribution in [0.5, 0.6) is 0 Å². The van der Waals surface area contributed by atoms with Crippen molar-refractivity contribution < 1.29 is 64.1 Å². The van der Waals surface area contributed by atoms with Gasteiger partial charge in [-0.15, -0.1) is 0 Å². The summed E-state index contributed by atoms with van der Waals surface area (Å²) < 4.78 is 102. The molecule has 0 saturated carbocycles. The third-order valence-electron chi connectivity index (χ3n) is 12.7. The van der Waals surface area contributed by atoms with E-state index in [0.29, 0.717) is 36.2 Å². The first-order chi connectivity index (χ1) is 44.5. The van der Waals surface area contributed by atoms with Crippen LogP contribution in [0.3, 0.4) is 0 Å². The molecule has 0 unspecified atom stereocenters. The number of benzene rings is 6. The molecule has 34 heteroatoms. The van der Waals surface area contributed by atoms with Crippen molar-refractivity contribution in [2.45, 2.75) is 19.6 Å². The summed E-state index contributed by atoms with van der Waals surface area (Å²) in [5, 5.41) is 20.7. The van der Waals surface area contributed by atoms with Gasteiger partial charge in [0.1, 0.15) is 51.6 Å². The maximum atomic E-state index is 13.3. The number of halogens is 6. The van der Waals surface area contributed by atoms with Crippen LogP contribution in [-0.4, -0.2) is 108 Å². The molecular weight excluding hydrogens is 1610 g/mol. The van der Waals surface area contributed by atoms with E-state index in [-0.39, 0.29) is 79.8 Å². The smallest absolute Gasteiger partial charge is 0.423 e. The van der Waals surface area contributed by atoms with Crippen molar-refractivity contribution >= 4 is 176 Å². The normalized spacial score (nSPS) is 11.1. The van der Waals surface area contributed by atoms with E-state index < -0.39 is 46.2 Å². The second-order valence-electron chi connectivity index (χ2n) is 18.6. The number of nitrogens with one attached hydrogen (secondary N) is 1. The SMILES string of the molecule is Clc1ncnc2[nH]ccc12.O=S(=O)(Cl)c1ccccc1.O=S(=O)(c1ccccc1)n1c(-c2ccccc2)cc2c(Cl)ncnc21.O=S(=O)(c1ccccc1)n1c(I)cc2c(Cl)ncnc21.O=S(=O)(c1ccccc1)n1ccc2c(Cl)ncnc21.OB(O)c1ccccc1.[CH3-].[Pd]. The van der Waals surface area contributed by atoms with Crippen molar-refractivity contribution in [2.75, 3.05) is 0 Å². The van der Waals surface area contributed by atoms with Crippen LogP contribution in [-0.2, 0) is 59.5 Å². The fraction of sp³-hybridized carbons (Fsp3) is 0. The van der Waals surface area contributed by atoms with Crippen LogP contribution in [0.25, 0.3) is 55.4 Å². The molecule has 3 N–H and O–H groups in total. The van der Waals surface area contributed by atoms with Gasteiger partial charge in [-0.1, -0.05) is 180 Å². The van der Waals surface area contributed by atoms with Gasteiger partial charge < -0.3 is 22.5 Å². The topological polar surface area (TPSA) is 311 Å². The van der Waals surface area contributed by atoms with Gasteiger partial charge in [0.25, 0.3) is 39.1 Å². The summed E-state index contributed by atoms with van der Waals surface area (Å²) >= 11 is 25.7. The molecule has 0 aliphatic rings. The molecule has 6 aromatic carbocycles. The molecular formula is C61H46BCl5IN12O10PdS4-. The minimum Gasteiger partial charge on any atom is -0.423 e. The fourth-order valence-electron chi connectivity index (χ4n) is 8.41. The van der Waals surface area contributed by atoms with Crippen LogP contribution in [0.4, 0.5) is 0 Å². The first-order valence-corrected chi connectivity index (χ1v) is 35.7. The standard InChI is InChI=1S/C18H12ClN3O2S.C12H7ClIN3O2S.C12H8ClN3O2S.C6H7BO2.C6H4ClN3.C6H5ClO2S.CH3.Pd/c19-17-15-11-16(13-7-3-1-4-8-13)22(18(15)21-12-20-17)25(23,24)14-9-5-2-6-10-14;13-11-9-6-10(14)17(12(9)16-7-15-11)20(18,19)8-4-2-1-3-5-8;13-11-10-6-7-16(12(10)15-8-14-11)19(17,18)9-4-2-1-3-5-9;8-7(9)6-4-2-1-3-5-6;7-5-4-1-2-8-6(4)10-3-9-5;7-10(8,9)6-4-2-1-3-5-6;;/h1-12H;1-7H;1-8H;1-5,8-9H;1-3H,(H,8,9,10);1-5H;1H3;/q;;;;;;-1;. The molecule has 95 heavy (non-hydrogen) atoms. The number of aromatic amines is 1. The van der Waals surface area contributed by atoms with Crippen LogP contribution in [0.2, 0.25) is 20.6 Å². The van der Waals surface area contributed by atoms with E-state index in [4.69, 9.17) is 67.1 Å². The summed E-state index contributed by atoms with van der Waals surface area (Å²) in [4.78, 5) is 35.2. The molecule has 14 aromatic rings. The Labute approximate surface area is 597 Å². The second kappa shape index (κ2) is 33.4. The minimum absolute atomic E-state index is 0. The predicted octanol–water partition coefficient (Wildman–Crippen LogP) is 12.3. The molecule has 0 radical (unpaired) electrons. The number of hydrogen-bond donors (Lipinski definition) is 3. The van der Waals surface area contributed by atoms with Crippen molar-refractivity contribution in [2.24, 2.45) is 0 Å². The van der Waals surface area contributed by atoms with Gasteiger partial charge in [-0.05, 0) is 106 Å². The molecule has 0 saturated heterocycles. The maximum Gasteiger partial charge on any atom is 0.488 e. The molecule has 0 spiro atoms. The first-order valence-electron chi connectivity index (χ1n) is 26.5. The van der Waals surface area contributed by atoms with Gasteiger partial charge in [-0.3, -0.25) is 0 Å². The van der Waals surface area contributed by atoms with E-state index in [2.05, 4.69) is 44.9 Å². The third kappa shape index (κ3) is 17.9. The summed E-state index contributed by atoms with van der Waals surface area (Å²) in [5.41, 5.74) is 3.33. The molecule has 0 bridgehead atoms. The number of nitrogens with zero attached hydrogens (tertiary/aromatic N) is 11. The van der Waals surface area contributed by atoms with Gasteiger partial charge in [0, 0.05) is 43.5 Å². The fourth-order valence-corrected chi connectivity index (χ4v) is 15.5. The van der Waals surface area contributed by atoms with Crippen LogP contribution in [0.15, 0.2) is 264 Å². The molecule has 8 heterocycles. The van der Waals surface area contributed by atoms with E-state index in [0.717, 1.165) is 20.6 Å². The Morgan fingerprint density at radius 1 is 0.421 bits per heavy atom. The molecule has 8 aromatic heterocycles. The first kappa shape index (κ1) is 74.8. The van der Waals surface area contributed by atoms with Crippen LogP contribution in [0.1, 0.15) is 0 Å². The number of H-pyrrole nitrogens is 1. The van der Waals surface area contributed by atoms with E-state index in [1.165, 1.54) is 63.7 Å². The van der Waals surface area contributed by atoms with E-state index in [1.54, 1.807) is 146 Å². The largest absolute Gasteiger partial charge is 0.488 e. The second-order valence-corrected chi connectivity index (χ2v) is 29.1.